The maximum absolute atomic E-state index is 12.8. The fourth-order valence-corrected chi connectivity index (χ4v) is 4.05. The van der Waals surface area contributed by atoms with Crippen molar-refractivity contribution in [2.75, 3.05) is 0 Å². The molecule has 1 atom stereocenters. The number of hydrogen-bond donors (Lipinski definition) is 1. The van der Waals surface area contributed by atoms with E-state index in [1.807, 2.05) is 61.5 Å². The second-order valence-corrected chi connectivity index (χ2v) is 7.68. The molecule has 1 saturated heterocycles. The predicted molar refractivity (Wildman–Crippen MR) is 108 cm³/mol. The van der Waals surface area contributed by atoms with E-state index in [1.54, 1.807) is 6.08 Å². The van der Waals surface area contributed by atoms with Crippen LogP contribution in [0.25, 0.3) is 6.08 Å². The second-order valence-electron chi connectivity index (χ2n) is 6.01. The highest BCUT2D eigenvalue weighted by molar-refractivity contribution is 8.26. The summed E-state index contributed by atoms with van der Waals surface area (Å²) in [7, 11) is 0. The molecule has 1 aliphatic rings. The van der Waals surface area contributed by atoms with Gasteiger partial charge in [0.1, 0.15) is 10.4 Å². The molecule has 6 heteroatoms. The minimum Gasteiger partial charge on any atom is -0.480 e. The minimum atomic E-state index is -1.07. The Balaban J connectivity index is 1.86. The largest absolute Gasteiger partial charge is 0.480 e. The molecule has 0 bridgehead atoms. The van der Waals surface area contributed by atoms with Crippen molar-refractivity contribution < 1.29 is 14.7 Å². The standard InChI is InChI=1S/C20H17NO3S2/c1-13-7-9-15(10-8-13)12-17-18(22)21(20(25)26-17)16(19(23)24)11-14-5-3-2-4-6-14/h2-10,12,16H,11H2,1H3,(H,23,24)/b17-12+/t16-/m1/s1. The summed E-state index contributed by atoms with van der Waals surface area (Å²) in [5, 5.41) is 9.65. The van der Waals surface area contributed by atoms with Crippen LogP contribution in [0.1, 0.15) is 16.7 Å². The van der Waals surface area contributed by atoms with Gasteiger partial charge < -0.3 is 5.11 Å². The zero-order valence-corrected chi connectivity index (χ0v) is 15.7. The highest BCUT2D eigenvalue weighted by Crippen LogP contribution is 2.34. The second kappa shape index (κ2) is 7.85. The Bertz CT molecular complexity index is 876. The van der Waals surface area contributed by atoms with Gasteiger partial charge in [-0.05, 0) is 24.1 Å². The molecule has 0 saturated carbocycles. The fraction of sp³-hybridized carbons (Fsp3) is 0.150. The first kappa shape index (κ1) is 18.4. The van der Waals surface area contributed by atoms with Crippen LogP contribution in [0.15, 0.2) is 59.5 Å². The molecule has 0 spiro atoms. The van der Waals surface area contributed by atoms with Crippen LogP contribution in [0.2, 0.25) is 0 Å². The first-order chi connectivity index (χ1) is 12.5. The van der Waals surface area contributed by atoms with Gasteiger partial charge in [0.2, 0.25) is 0 Å². The van der Waals surface area contributed by atoms with Gasteiger partial charge in [0.25, 0.3) is 5.91 Å². The van der Waals surface area contributed by atoms with Gasteiger partial charge in [-0.25, -0.2) is 4.79 Å². The number of rotatable bonds is 5. The molecule has 2 aromatic rings. The van der Waals surface area contributed by atoms with Crippen LogP contribution >= 0.6 is 24.0 Å². The van der Waals surface area contributed by atoms with Crippen LogP contribution in [0.4, 0.5) is 0 Å². The number of carbonyl (C=O) groups excluding carboxylic acids is 1. The third kappa shape index (κ3) is 4.03. The summed E-state index contributed by atoms with van der Waals surface area (Å²) in [6.45, 7) is 1.99. The highest BCUT2D eigenvalue weighted by Gasteiger charge is 2.40. The molecular formula is C20H17NO3S2. The molecule has 132 valence electrons. The summed E-state index contributed by atoms with van der Waals surface area (Å²) in [6, 6.07) is 16.0. The number of aliphatic carboxylic acids is 1. The van der Waals surface area contributed by atoms with E-state index in [9.17, 15) is 14.7 Å². The summed E-state index contributed by atoms with van der Waals surface area (Å²) >= 11 is 6.45. The van der Waals surface area contributed by atoms with Crippen molar-refractivity contribution in [1.29, 1.82) is 0 Å². The van der Waals surface area contributed by atoms with E-state index >= 15 is 0 Å². The first-order valence-corrected chi connectivity index (χ1v) is 9.28. The van der Waals surface area contributed by atoms with Gasteiger partial charge in [-0.3, -0.25) is 9.69 Å². The molecule has 0 radical (unpaired) electrons. The molecule has 0 unspecified atom stereocenters. The van der Waals surface area contributed by atoms with E-state index in [4.69, 9.17) is 12.2 Å². The van der Waals surface area contributed by atoms with Crippen molar-refractivity contribution in [3.05, 3.63) is 76.2 Å². The van der Waals surface area contributed by atoms with Crippen molar-refractivity contribution in [1.82, 2.24) is 4.90 Å². The number of aryl methyl sites for hydroxylation is 1. The zero-order valence-electron chi connectivity index (χ0n) is 14.1. The average molecular weight is 383 g/mol. The lowest BCUT2D eigenvalue weighted by atomic mass is 10.0. The maximum atomic E-state index is 12.8. The molecule has 1 N–H and O–H groups in total. The molecular weight excluding hydrogens is 366 g/mol. The number of amides is 1. The normalized spacial score (nSPS) is 17.0. The van der Waals surface area contributed by atoms with E-state index in [0.29, 0.717) is 4.91 Å². The van der Waals surface area contributed by atoms with E-state index in [-0.39, 0.29) is 16.6 Å². The SMILES string of the molecule is Cc1ccc(/C=C2/SC(=S)N([C@H](Cc3ccccc3)C(=O)O)C2=O)cc1. The number of carbonyl (C=O) groups is 2. The van der Waals surface area contributed by atoms with E-state index in [2.05, 4.69) is 0 Å². The monoisotopic (exact) mass is 383 g/mol. The van der Waals surface area contributed by atoms with Gasteiger partial charge in [0.15, 0.2) is 0 Å². The Kier molecular flexibility index (Phi) is 5.54. The molecule has 1 aliphatic heterocycles. The van der Waals surface area contributed by atoms with Gasteiger partial charge >= 0.3 is 5.97 Å². The smallest absolute Gasteiger partial charge is 0.327 e. The third-order valence-corrected chi connectivity index (χ3v) is 5.40. The van der Waals surface area contributed by atoms with Gasteiger partial charge in [-0.2, -0.15) is 0 Å². The van der Waals surface area contributed by atoms with Crippen LogP contribution < -0.4 is 0 Å². The molecule has 3 rings (SSSR count). The van der Waals surface area contributed by atoms with Crippen LogP contribution in [0, 0.1) is 6.92 Å². The summed E-state index contributed by atoms with van der Waals surface area (Å²) in [5.41, 5.74) is 2.85. The van der Waals surface area contributed by atoms with Crippen LogP contribution in [0.5, 0.6) is 0 Å². The van der Waals surface area contributed by atoms with Crippen LogP contribution in [-0.4, -0.2) is 32.2 Å². The Morgan fingerprint density at radius 3 is 2.46 bits per heavy atom. The number of nitrogens with zero attached hydrogens (tertiary/aromatic N) is 1. The van der Waals surface area contributed by atoms with E-state index in [1.165, 1.54) is 4.90 Å². The van der Waals surface area contributed by atoms with Crippen molar-refractivity contribution in [2.24, 2.45) is 0 Å². The van der Waals surface area contributed by atoms with E-state index < -0.39 is 12.0 Å². The average Bonchev–Trinajstić information content (AvgIpc) is 2.89. The number of benzene rings is 2. The first-order valence-electron chi connectivity index (χ1n) is 8.06. The number of carboxylic acids is 1. The molecule has 4 nitrogen and oxygen atoms in total. The number of carboxylic acid groups (broad SMARTS) is 1. The lowest BCUT2D eigenvalue weighted by Crippen LogP contribution is -2.45. The minimum absolute atomic E-state index is 0.209. The lowest BCUT2D eigenvalue weighted by Gasteiger charge is -2.23. The van der Waals surface area contributed by atoms with E-state index in [0.717, 1.165) is 28.5 Å². The molecule has 26 heavy (non-hydrogen) atoms. The molecule has 0 aliphatic carbocycles. The molecule has 1 amide bonds. The van der Waals surface area contributed by atoms with Gasteiger partial charge in [-0.15, -0.1) is 0 Å². The van der Waals surface area contributed by atoms with Gasteiger partial charge in [0.05, 0.1) is 4.91 Å². The van der Waals surface area contributed by atoms with Gasteiger partial charge in [-0.1, -0.05) is 84.1 Å². The molecule has 1 heterocycles. The summed E-state index contributed by atoms with van der Waals surface area (Å²) in [4.78, 5) is 26.3. The number of thioether (sulfide) groups is 1. The topological polar surface area (TPSA) is 57.6 Å². The fourth-order valence-electron chi connectivity index (χ4n) is 2.69. The van der Waals surface area contributed by atoms with Gasteiger partial charge in [0, 0.05) is 6.42 Å². The number of hydrogen-bond acceptors (Lipinski definition) is 4. The summed E-state index contributed by atoms with van der Waals surface area (Å²) < 4.78 is 0.275. The summed E-state index contributed by atoms with van der Waals surface area (Å²) in [6.07, 6.45) is 1.96. The quantitative estimate of drug-likeness (QED) is 0.627. The molecule has 0 aromatic heterocycles. The summed E-state index contributed by atoms with van der Waals surface area (Å²) in [5.74, 6) is -1.43. The maximum Gasteiger partial charge on any atom is 0.327 e. The van der Waals surface area contributed by atoms with Crippen LogP contribution in [0.3, 0.4) is 0 Å². The van der Waals surface area contributed by atoms with Crippen molar-refractivity contribution in [2.45, 2.75) is 19.4 Å². The number of thiocarbonyl (C=S) groups is 1. The lowest BCUT2D eigenvalue weighted by molar-refractivity contribution is -0.145. The molecule has 1 fully saturated rings. The Labute approximate surface area is 161 Å². The van der Waals surface area contributed by atoms with Crippen molar-refractivity contribution in [3.8, 4) is 0 Å². The Hall–Kier alpha value is -2.44. The zero-order chi connectivity index (χ0) is 18.7. The third-order valence-electron chi connectivity index (χ3n) is 4.07. The van der Waals surface area contributed by atoms with Crippen LogP contribution in [-0.2, 0) is 16.0 Å². The van der Waals surface area contributed by atoms with Crippen molar-refractivity contribution in [3.63, 3.8) is 0 Å². The molecule has 2 aromatic carbocycles. The predicted octanol–water partition coefficient (Wildman–Crippen LogP) is 3.89. The van der Waals surface area contributed by atoms with Crippen molar-refractivity contribution >= 4 is 46.3 Å². The Morgan fingerprint density at radius 1 is 1.19 bits per heavy atom. The Morgan fingerprint density at radius 2 is 1.85 bits per heavy atom. The highest BCUT2D eigenvalue weighted by atomic mass is 32.2.